The zero-order chi connectivity index (χ0) is 14.3. The van der Waals surface area contributed by atoms with Gasteiger partial charge in [0.2, 0.25) is 0 Å². The van der Waals surface area contributed by atoms with Gasteiger partial charge in [-0.2, -0.15) is 0 Å². The van der Waals surface area contributed by atoms with Crippen LogP contribution in [0.25, 0.3) is 10.7 Å². The summed E-state index contributed by atoms with van der Waals surface area (Å²) in [4.78, 5) is 27.8. The Hall–Kier alpha value is -2.54. The molecule has 0 saturated heterocycles. The van der Waals surface area contributed by atoms with Gasteiger partial charge in [-0.3, -0.25) is 9.59 Å². The standard InChI is InChI=1S/C13H7FN2O3S/c14-8-3-1-7(2-4-8)10(18)11-12(19)16-9(17)5-6-15-13(16)20-11/h1-6,18H/b11-10+. The van der Waals surface area contributed by atoms with Crippen molar-refractivity contribution < 1.29 is 9.50 Å². The van der Waals surface area contributed by atoms with E-state index in [1.54, 1.807) is 0 Å². The number of aliphatic hydroxyl groups is 1. The fourth-order valence-electron chi connectivity index (χ4n) is 1.78. The van der Waals surface area contributed by atoms with Crippen LogP contribution in [0.3, 0.4) is 0 Å². The lowest BCUT2D eigenvalue weighted by Crippen LogP contribution is -2.31. The number of aliphatic hydroxyl groups excluding tert-OH is 1. The summed E-state index contributed by atoms with van der Waals surface area (Å²) in [6.45, 7) is 0. The van der Waals surface area contributed by atoms with Crippen LogP contribution < -0.4 is 15.7 Å². The van der Waals surface area contributed by atoms with Gasteiger partial charge in [-0.15, -0.1) is 0 Å². The van der Waals surface area contributed by atoms with Crippen LogP contribution in [0, 0.1) is 5.82 Å². The molecule has 0 fully saturated rings. The van der Waals surface area contributed by atoms with Crippen molar-refractivity contribution in [2.75, 3.05) is 0 Å². The SMILES string of the molecule is O=c1ccnc2s/c(=C(/O)c3ccc(F)cc3)c(=O)n12. The molecule has 1 aromatic carbocycles. The highest BCUT2D eigenvalue weighted by atomic mass is 32.1. The van der Waals surface area contributed by atoms with E-state index in [0.29, 0.717) is 5.56 Å². The molecule has 0 atom stereocenters. The molecule has 7 heteroatoms. The minimum Gasteiger partial charge on any atom is -0.506 e. The van der Waals surface area contributed by atoms with Gasteiger partial charge in [-0.25, -0.2) is 13.8 Å². The number of benzene rings is 1. The first kappa shape index (κ1) is 12.5. The van der Waals surface area contributed by atoms with Gasteiger partial charge in [-0.05, 0) is 24.3 Å². The van der Waals surface area contributed by atoms with Crippen molar-refractivity contribution in [3.8, 4) is 0 Å². The lowest BCUT2D eigenvalue weighted by molar-refractivity contribution is 0.508. The van der Waals surface area contributed by atoms with Crippen molar-refractivity contribution in [3.63, 3.8) is 0 Å². The summed E-state index contributed by atoms with van der Waals surface area (Å²) in [6.07, 6.45) is 1.30. The van der Waals surface area contributed by atoms with Crippen LogP contribution in [-0.2, 0) is 0 Å². The number of rotatable bonds is 1. The zero-order valence-corrected chi connectivity index (χ0v) is 10.7. The van der Waals surface area contributed by atoms with Crippen LogP contribution >= 0.6 is 11.3 Å². The predicted octanol–water partition coefficient (Wildman–Crippen LogP) is 0.689. The molecule has 3 aromatic rings. The lowest BCUT2D eigenvalue weighted by atomic mass is 10.2. The molecule has 1 N–H and O–H groups in total. The molecule has 0 aliphatic rings. The smallest absolute Gasteiger partial charge is 0.281 e. The first-order chi connectivity index (χ1) is 9.58. The quantitative estimate of drug-likeness (QED) is 0.715. The van der Waals surface area contributed by atoms with Gasteiger partial charge in [-0.1, -0.05) is 11.3 Å². The maximum absolute atomic E-state index is 12.8. The second-order valence-corrected chi connectivity index (χ2v) is 4.97. The van der Waals surface area contributed by atoms with E-state index in [2.05, 4.69) is 4.98 Å². The average molecular weight is 290 g/mol. The molecule has 0 aliphatic heterocycles. The molecule has 0 saturated carbocycles. The summed E-state index contributed by atoms with van der Waals surface area (Å²) in [7, 11) is 0. The van der Waals surface area contributed by atoms with E-state index in [-0.39, 0.29) is 15.3 Å². The fraction of sp³-hybridized carbons (Fsp3) is 0. The summed E-state index contributed by atoms with van der Waals surface area (Å²) in [5.74, 6) is -0.747. The second-order valence-electron chi connectivity index (χ2n) is 3.99. The van der Waals surface area contributed by atoms with Crippen molar-refractivity contribution in [1.29, 1.82) is 0 Å². The Labute approximate surface area is 114 Å². The van der Waals surface area contributed by atoms with E-state index >= 15 is 0 Å². The topological polar surface area (TPSA) is 71.7 Å². The fourth-order valence-corrected chi connectivity index (χ4v) is 2.73. The van der Waals surface area contributed by atoms with Gasteiger partial charge in [0.1, 0.15) is 16.1 Å². The summed E-state index contributed by atoms with van der Waals surface area (Å²) < 4.78 is 13.7. The predicted molar refractivity (Wildman–Crippen MR) is 72.4 cm³/mol. The number of nitrogens with zero attached hydrogens (tertiary/aromatic N) is 2. The van der Waals surface area contributed by atoms with Crippen molar-refractivity contribution in [3.05, 3.63) is 73.1 Å². The molecule has 5 nitrogen and oxygen atoms in total. The van der Waals surface area contributed by atoms with Crippen LogP contribution in [0.2, 0.25) is 0 Å². The molecule has 2 heterocycles. The van der Waals surface area contributed by atoms with Gasteiger partial charge in [0, 0.05) is 17.8 Å². The van der Waals surface area contributed by atoms with Crippen molar-refractivity contribution >= 4 is 22.1 Å². The Morgan fingerprint density at radius 2 is 1.90 bits per heavy atom. The van der Waals surface area contributed by atoms with Gasteiger partial charge >= 0.3 is 0 Å². The summed E-state index contributed by atoms with van der Waals surface area (Å²) in [5, 5.41) is 10.1. The Balaban J connectivity index is 2.39. The van der Waals surface area contributed by atoms with Crippen molar-refractivity contribution in [1.82, 2.24) is 9.38 Å². The molecule has 0 aliphatic carbocycles. The number of thiazole rings is 1. The van der Waals surface area contributed by atoms with E-state index in [1.165, 1.54) is 36.5 Å². The molecule has 2 aromatic heterocycles. The Morgan fingerprint density at radius 3 is 2.55 bits per heavy atom. The first-order valence-corrected chi connectivity index (χ1v) is 6.39. The zero-order valence-electron chi connectivity index (χ0n) is 9.91. The van der Waals surface area contributed by atoms with E-state index in [4.69, 9.17) is 0 Å². The van der Waals surface area contributed by atoms with Crippen LogP contribution in [0.1, 0.15) is 5.56 Å². The summed E-state index contributed by atoms with van der Waals surface area (Å²) in [6, 6.07) is 6.22. The molecule has 0 radical (unpaired) electrons. The van der Waals surface area contributed by atoms with Gasteiger partial charge < -0.3 is 5.11 Å². The lowest BCUT2D eigenvalue weighted by Gasteiger charge is -1.97. The van der Waals surface area contributed by atoms with Crippen molar-refractivity contribution in [2.45, 2.75) is 0 Å². The number of hydrogen-bond acceptors (Lipinski definition) is 5. The molecular weight excluding hydrogens is 283 g/mol. The van der Waals surface area contributed by atoms with E-state index in [1.807, 2.05) is 0 Å². The highest BCUT2D eigenvalue weighted by Gasteiger charge is 2.11. The molecule has 0 bridgehead atoms. The highest BCUT2D eigenvalue weighted by molar-refractivity contribution is 7.15. The third-order valence-electron chi connectivity index (χ3n) is 2.74. The van der Waals surface area contributed by atoms with E-state index in [0.717, 1.165) is 15.7 Å². The second kappa shape index (κ2) is 4.53. The van der Waals surface area contributed by atoms with Crippen LogP contribution in [0.4, 0.5) is 4.39 Å². The van der Waals surface area contributed by atoms with Crippen LogP contribution in [0.5, 0.6) is 0 Å². The number of halogens is 1. The highest BCUT2D eigenvalue weighted by Crippen LogP contribution is 2.10. The molecular formula is C13H7FN2O3S. The minimum absolute atomic E-state index is 0.00703. The summed E-state index contributed by atoms with van der Waals surface area (Å²) in [5.41, 5.74) is -0.845. The molecule has 0 unspecified atom stereocenters. The van der Waals surface area contributed by atoms with E-state index < -0.39 is 16.9 Å². The van der Waals surface area contributed by atoms with Gasteiger partial charge in [0.15, 0.2) is 4.96 Å². The molecule has 20 heavy (non-hydrogen) atoms. The normalized spacial score (nSPS) is 12.7. The maximum atomic E-state index is 12.8. The average Bonchev–Trinajstić information content (AvgIpc) is 2.77. The summed E-state index contributed by atoms with van der Waals surface area (Å²) >= 11 is 0.904. The van der Waals surface area contributed by atoms with Crippen LogP contribution in [-0.4, -0.2) is 14.5 Å². The Bertz CT molecular complexity index is 960. The number of aromatic nitrogens is 2. The van der Waals surface area contributed by atoms with Gasteiger partial charge in [0.05, 0.1) is 0 Å². The minimum atomic E-state index is -0.634. The number of fused-ring (bicyclic) bond motifs is 1. The molecule has 0 spiro atoms. The molecule has 3 rings (SSSR count). The van der Waals surface area contributed by atoms with E-state index in [9.17, 15) is 19.1 Å². The van der Waals surface area contributed by atoms with Gasteiger partial charge in [0.25, 0.3) is 11.1 Å². The third-order valence-corrected chi connectivity index (χ3v) is 3.78. The maximum Gasteiger partial charge on any atom is 0.281 e. The Morgan fingerprint density at radius 1 is 1.20 bits per heavy atom. The monoisotopic (exact) mass is 290 g/mol. The largest absolute Gasteiger partial charge is 0.506 e. The third kappa shape index (κ3) is 1.88. The van der Waals surface area contributed by atoms with Crippen molar-refractivity contribution in [2.24, 2.45) is 0 Å². The first-order valence-electron chi connectivity index (χ1n) is 5.58. The number of hydrogen-bond donors (Lipinski definition) is 1. The molecule has 100 valence electrons. The molecule has 0 amide bonds. The Kier molecular flexibility index (Phi) is 2.83. The van der Waals surface area contributed by atoms with Crippen LogP contribution in [0.15, 0.2) is 46.1 Å².